The number of hydrogen-bond donors (Lipinski definition) is 1. The van der Waals surface area contributed by atoms with Crippen LogP contribution in [-0.2, 0) is 0 Å². The molecule has 1 heterocycles. The van der Waals surface area contributed by atoms with Gasteiger partial charge in [-0.2, -0.15) is 0 Å². The highest BCUT2D eigenvalue weighted by Crippen LogP contribution is 2.31. The first-order valence-electron chi connectivity index (χ1n) is 7.29. The van der Waals surface area contributed by atoms with Crippen molar-refractivity contribution in [2.24, 2.45) is 0 Å². The highest BCUT2D eigenvalue weighted by Gasteiger charge is 2.24. The Balaban J connectivity index is 2.33. The summed E-state index contributed by atoms with van der Waals surface area (Å²) >= 11 is 0. The lowest BCUT2D eigenvalue weighted by Gasteiger charge is -2.38. The van der Waals surface area contributed by atoms with E-state index in [1.807, 2.05) is 6.07 Å². The van der Waals surface area contributed by atoms with E-state index in [9.17, 15) is 9.50 Å². The molecule has 4 heteroatoms. The fourth-order valence-electron chi connectivity index (χ4n) is 2.89. The minimum atomic E-state index is -0.653. The van der Waals surface area contributed by atoms with E-state index in [4.69, 9.17) is 0 Å². The lowest BCUT2D eigenvalue weighted by molar-refractivity contribution is 0.198. The molecule has 1 N–H and O–H groups in total. The average Bonchev–Trinajstić information content (AvgIpc) is 2.41. The summed E-state index contributed by atoms with van der Waals surface area (Å²) in [6.45, 7) is 5.37. The van der Waals surface area contributed by atoms with Crippen molar-refractivity contribution >= 4 is 5.69 Å². The Morgan fingerprint density at radius 3 is 2.70 bits per heavy atom. The number of piperidine rings is 1. The Morgan fingerprint density at radius 1 is 1.40 bits per heavy atom. The fourth-order valence-corrected chi connectivity index (χ4v) is 2.89. The third-order valence-corrected chi connectivity index (χ3v) is 4.23. The molecule has 1 fully saturated rings. The topological polar surface area (TPSA) is 26.7 Å². The predicted octanol–water partition coefficient (Wildman–Crippen LogP) is 2.72. The predicted molar refractivity (Wildman–Crippen MR) is 80.7 cm³/mol. The van der Waals surface area contributed by atoms with E-state index in [-0.39, 0.29) is 5.82 Å². The number of nitrogens with zero attached hydrogens (tertiary/aromatic N) is 2. The molecular weight excluding hydrogens is 255 g/mol. The van der Waals surface area contributed by atoms with E-state index in [1.54, 1.807) is 13.8 Å². The summed E-state index contributed by atoms with van der Waals surface area (Å²) in [5, 5.41) is 9.92. The van der Waals surface area contributed by atoms with Gasteiger partial charge in [0.15, 0.2) is 0 Å². The maximum Gasteiger partial charge on any atom is 0.126 e. The van der Waals surface area contributed by atoms with Crippen molar-refractivity contribution < 1.29 is 9.50 Å². The van der Waals surface area contributed by atoms with Crippen LogP contribution in [0.25, 0.3) is 0 Å². The largest absolute Gasteiger partial charge is 0.389 e. The summed E-state index contributed by atoms with van der Waals surface area (Å²) in [4.78, 5) is 4.52. The summed E-state index contributed by atoms with van der Waals surface area (Å²) in [5.74, 6) is -0.245. The number of halogens is 1. The van der Waals surface area contributed by atoms with Crippen molar-refractivity contribution in [3.05, 3.63) is 29.1 Å². The molecule has 0 bridgehead atoms. The van der Waals surface area contributed by atoms with Gasteiger partial charge in [-0.05, 0) is 58.5 Å². The van der Waals surface area contributed by atoms with Crippen molar-refractivity contribution in [2.75, 3.05) is 32.1 Å². The Labute approximate surface area is 121 Å². The number of aliphatic hydroxyl groups is 1. The first-order chi connectivity index (χ1) is 9.40. The highest BCUT2D eigenvalue weighted by atomic mass is 19.1. The monoisotopic (exact) mass is 280 g/mol. The lowest BCUT2D eigenvalue weighted by Crippen LogP contribution is -2.45. The van der Waals surface area contributed by atoms with Crippen LogP contribution < -0.4 is 4.90 Å². The van der Waals surface area contributed by atoms with Crippen molar-refractivity contribution in [3.8, 4) is 0 Å². The molecule has 20 heavy (non-hydrogen) atoms. The van der Waals surface area contributed by atoms with Gasteiger partial charge in [-0.15, -0.1) is 0 Å². The Kier molecular flexibility index (Phi) is 4.66. The number of aryl methyl sites for hydroxylation is 1. The van der Waals surface area contributed by atoms with Crippen LogP contribution >= 0.6 is 0 Å². The molecular formula is C16H25FN2O. The van der Waals surface area contributed by atoms with Crippen molar-refractivity contribution in [3.63, 3.8) is 0 Å². The second kappa shape index (κ2) is 6.10. The van der Waals surface area contributed by atoms with Crippen molar-refractivity contribution in [1.29, 1.82) is 0 Å². The zero-order chi connectivity index (χ0) is 14.9. The summed E-state index contributed by atoms with van der Waals surface area (Å²) in [5.41, 5.74) is 2.30. The molecule has 1 aromatic carbocycles. The minimum Gasteiger partial charge on any atom is -0.389 e. The molecule has 1 saturated heterocycles. The van der Waals surface area contributed by atoms with Crippen LogP contribution in [0.4, 0.5) is 10.1 Å². The maximum atomic E-state index is 13.8. The number of likely N-dealkylation sites (N-methyl/N-ethyl adjacent to an activating group) is 1. The zero-order valence-electron chi connectivity index (χ0n) is 12.9. The first-order valence-corrected chi connectivity index (χ1v) is 7.29. The van der Waals surface area contributed by atoms with Gasteiger partial charge in [-0.25, -0.2) is 4.39 Å². The lowest BCUT2D eigenvalue weighted by atomic mass is 9.99. The Hall–Kier alpha value is -1.13. The van der Waals surface area contributed by atoms with E-state index in [1.165, 1.54) is 12.5 Å². The van der Waals surface area contributed by atoms with E-state index in [2.05, 4.69) is 23.9 Å². The van der Waals surface area contributed by atoms with Crippen LogP contribution in [0.3, 0.4) is 0 Å². The van der Waals surface area contributed by atoms with Crippen LogP contribution in [-0.4, -0.2) is 43.2 Å². The van der Waals surface area contributed by atoms with Crippen LogP contribution in [0.5, 0.6) is 0 Å². The van der Waals surface area contributed by atoms with Crippen molar-refractivity contribution in [2.45, 2.75) is 38.8 Å². The highest BCUT2D eigenvalue weighted by molar-refractivity contribution is 5.57. The second-order valence-corrected chi connectivity index (χ2v) is 6.04. The Bertz CT molecular complexity index is 474. The average molecular weight is 280 g/mol. The normalized spacial score (nSPS) is 21.4. The third kappa shape index (κ3) is 3.13. The van der Waals surface area contributed by atoms with Gasteiger partial charge in [0.25, 0.3) is 0 Å². The molecule has 1 aliphatic heterocycles. The van der Waals surface area contributed by atoms with Gasteiger partial charge in [0.2, 0.25) is 0 Å². The second-order valence-electron chi connectivity index (χ2n) is 6.04. The molecule has 0 aliphatic carbocycles. The van der Waals surface area contributed by atoms with E-state index >= 15 is 0 Å². The third-order valence-electron chi connectivity index (χ3n) is 4.23. The van der Waals surface area contributed by atoms with Crippen LogP contribution in [0, 0.1) is 12.7 Å². The molecule has 1 aromatic rings. The molecule has 0 amide bonds. The van der Waals surface area contributed by atoms with Gasteiger partial charge in [-0.1, -0.05) is 0 Å². The molecule has 0 aromatic heterocycles. The fraction of sp³-hybridized carbons (Fsp3) is 0.625. The number of anilines is 1. The quantitative estimate of drug-likeness (QED) is 0.922. The van der Waals surface area contributed by atoms with Crippen LogP contribution in [0.1, 0.15) is 37.0 Å². The summed E-state index contributed by atoms with van der Waals surface area (Å²) in [7, 11) is 4.19. The van der Waals surface area contributed by atoms with E-state index < -0.39 is 6.10 Å². The van der Waals surface area contributed by atoms with Gasteiger partial charge in [0.1, 0.15) is 5.82 Å². The number of hydrogen-bond acceptors (Lipinski definition) is 3. The summed E-state index contributed by atoms with van der Waals surface area (Å²) in [6.07, 6.45) is 1.66. The van der Waals surface area contributed by atoms with Crippen LogP contribution in [0.2, 0.25) is 0 Å². The molecule has 1 unspecified atom stereocenters. The molecule has 0 saturated carbocycles. The van der Waals surface area contributed by atoms with Crippen LogP contribution in [0.15, 0.2) is 12.1 Å². The van der Waals surface area contributed by atoms with Crippen molar-refractivity contribution in [1.82, 2.24) is 4.90 Å². The van der Waals surface area contributed by atoms with Gasteiger partial charge >= 0.3 is 0 Å². The molecule has 1 aliphatic rings. The molecule has 2 rings (SSSR count). The van der Waals surface area contributed by atoms with Gasteiger partial charge < -0.3 is 14.9 Å². The summed E-state index contributed by atoms with van der Waals surface area (Å²) < 4.78 is 13.8. The number of rotatable bonds is 3. The standard InChI is InChI=1S/C16H25FN2O/c1-11-8-16(14(12(2)20)9-15(11)17)19-7-5-6-13(10-19)18(3)4/h8-9,12-13,20H,5-7,10H2,1-4H3/t12-,13?/m0/s1. The number of benzene rings is 1. The SMILES string of the molecule is Cc1cc(N2CCCC(N(C)C)C2)c([C@H](C)O)cc1F. The first kappa shape index (κ1) is 15.3. The molecule has 112 valence electrons. The van der Waals surface area contributed by atoms with Gasteiger partial charge in [-0.3, -0.25) is 0 Å². The van der Waals surface area contributed by atoms with E-state index in [0.29, 0.717) is 17.2 Å². The molecule has 0 spiro atoms. The van der Waals surface area contributed by atoms with Gasteiger partial charge in [0, 0.05) is 30.4 Å². The maximum absolute atomic E-state index is 13.8. The molecule has 0 radical (unpaired) electrons. The van der Waals surface area contributed by atoms with Gasteiger partial charge in [0.05, 0.1) is 6.10 Å². The smallest absolute Gasteiger partial charge is 0.126 e. The summed E-state index contributed by atoms with van der Waals surface area (Å²) in [6, 6.07) is 3.86. The minimum absolute atomic E-state index is 0.245. The van der Waals surface area contributed by atoms with E-state index in [0.717, 1.165) is 25.2 Å². The zero-order valence-corrected chi connectivity index (χ0v) is 12.9. The molecule has 3 nitrogen and oxygen atoms in total. The number of aliphatic hydroxyl groups excluding tert-OH is 1. The molecule has 2 atom stereocenters. The Morgan fingerprint density at radius 2 is 2.10 bits per heavy atom.